The van der Waals surface area contributed by atoms with Crippen molar-refractivity contribution in [2.24, 2.45) is 5.41 Å². The summed E-state index contributed by atoms with van der Waals surface area (Å²) in [6.45, 7) is 4.41. The van der Waals surface area contributed by atoms with Crippen molar-refractivity contribution in [3.05, 3.63) is 123 Å². The Labute approximate surface area is 335 Å². The molecule has 3 aliphatic heterocycles. The number of fused-ring (bicyclic) bond motifs is 3. The van der Waals surface area contributed by atoms with Gasteiger partial charge in [0.1, 0.15) is 16.4 Å². The molecule has 3 fully saturated rings. The van der Waals surface area contributed by atoms with Gasteiger partial charge in [-0.1, -0.05) is 104 Å². The average Bonchev–Trinajstić information content (AvgIpc) is 3.63. The highest BCUT2D eigenvalue weighted by Crippen LogP contribution is 2.69. The van der Waals surface area contributed by atoms with Crippen molar-refractivity contribution in [2.75, 3.05) is 18.5 Å². The molecule has 7 atom stereocenters. The SMILES string of the molecule is CC1(C)CCC2(CC1)N([C@H](c1ccccc1)[C@@H](O)c1ccccc1)[C@@H](C(=O)N[C@@H]1CC[C@@H](CO)OC1)[C@H](c1ccnc(Cl)c1F)C21C(=O)Nc2nc(Cl)ccc21. The third kappa shape index (κ3) is 6.31. The zero-order chi connectivity index (χ0) is 39.4. The van der Waals surface area contributed by atoms with E-state index in [-0.39, 0.29) is 46.4 Å². The lowest BCUT2D eigenvalue weighted by atomic mass is 9.53. The van der Waals surface area contributed by atoms with Crippen LogP contribution in [0.25, 0.3) is 0 Å². The fraction of sp³-hybridized carbons (Fsp3) is 0.442. The summed E-state index contributed by atoms with van der Waals surface area (Å²) in [5.74, 6) is -2.68. The van der Waals surface area contributed by atoms with Crippen LogP contribution >= 0.6 is 23.2 Å². The number of hydrogen-bond donors (Lipinski definition) is 4. The summed E-state index contributed by atoms with van der Waals surface area (Å²) in [6.07, 6.45) is 3.09. The first-order chi connectivity index (χ1) is 26.9. The van der Waals surface area contributed by atoms with Crippen molar-refractivity contribution in [2.45, 2.75) is 99.6 Å². The Morgan fingerprint density at radius 2 is 1.68 bits per heavy atom. The van der Waals surface area contributed by atoms with Gasteiger partial charge in [0.2, 0.25) is 11.8 Å². The molecule has 0 radical (unpaired) electrons. The van der Waals surface area contributed by atoms with Gasteiger partial charge >= 0.3 is 0 Å². The Kier molecular flexibility index (Phi) is 10.5. The molecule has 1 saturated carbocycles. The van der Waals surface area contributed by atoms with E-state index in [1.807, 2.05) is 60.7 Å². The van der Waals surface area contributed by atoms with Crippen molar-refractivity contribution < 1.29 is 28.9 Å². The number of aliphatic hydroxyl groups excluding tert-OH is 2. The number of hydrogen-bond acceptors (Lipinski definition) is 8. The zero-order valence-electron chi connectivity index (χ0n) is 31.3. The normalized spacial score (nSPS) is 27.8. The number of nitrogens with one attached hydrogen (secondary N) is 2. The third-order valence-corrected chi connectivity index (χ3v) is 13.4. The predicted molar refractivity (Wildman–Crippen MR) is 211 cm³/mol. The van der Waals surface area contributed by atoms with Gasteiger partial charge in [0.05, 0.1) is 43.5 Å². The van der Waals surface area contributed by atoms with Gasteiger partial charge in [-0.3, -0.25) is 14.5 Å². The molecule has 2 saturated heterocycles. The Morgan fingerprint density at radius 1 is 1.00 bits per heavy atom. The fourth-order valence-electron chi connectivity index (χ4n) is 10.2. The summed E-state index contributed by atoms with van der Waals surface area (Å²) in [7, 11) is 0. The van der Waals surface area contributed by atoms with Gasteiger partial charge in [-0.05, 0) is 72.8 Å². The molecule has 56 heavy (non-hydrogen) atoms. The molecule has 8 rings (SSSR count). The summed E-state index contributed by atoms with van der Waals surface area (Å²) >= 11 is 13.0. The van der Waals surface area contributed by atoms with Crippen LogP contribution in [0.4, 0.5) is 10.2 Å². The highest BCUT2D eigenvalue weighted by Gasteiger charge is 2.77. The first-order valence-corrected chi connectivity index (χ1v) is 20.0. The van der Waals surface area contributed by atoms with Gasteiger partial charge < -0.3 is 25.6 Å². The number of carbonyl (C=O) groups excluding carboxylic acids is 2. The van der Waals surface area contributed by atoms with Crippen LogP contribution in [0.5, 0.6) is 0 Å². The first-order valence-electron chi connectivity index (χ1n) is 19.3. The molecule has 4 aliphatic rings. The number of benzene rings is 2. The van der Waals surface area contributed by atoms with Gasteiger partial charge in [-0.2, -0.15) is 0 Å². The Hall–Kier alpha value is -3.97. The maximum Gasteiger partial charge on any atom is 0.238 e. The van der Waals surface area contributed by atoms with E-state index in [0.717, 1.165) is 5.56 Å². The number of rotatable bonds is 8. The van der Waals surface area contributed by atoms with Crippen LogP contribution in [0.1, 0.15) is 92.7 Å². The molecule has 10 nitrogen and oxygen atoms in total. The quantitative estimate of drug-likeness (QED) is 0.139. The number of aliphatic hydroxyl groups is 2. The molecule has 5 heterocycles. The second-order valence-electron chi connectivity index (χ2n) is 16.5. The summed E-state index contributed by atoms with van der Waals surface area (Å²) in [5.41, 5.74) is -1.09. The highest BCUT2D eigenvalue weighted by atomic mass is 35.5. The fourth-order valence-corrected chi connectivity index (χ4v) is 10.5. The molecule has 2 spiro atoms. The second kappa shape index (κ2) is 15.1. The second-order valence-corrected chi connectivity index (χ2v) is 17.2. The van der Waals surface area contributed by atoms with Crippen LogP contribution in [-0.2, 0) is 19.7 Å². The molecule has 1 aliphatic carbocycles. The monoisotopic (exact) mass is 801 g/mol. The number of amides is 2. The van der Waals surface area contributed by atoms with E-state index in [1.165, 1.54) is 12.3 Å². The molecule has 0 bridgehead atoms. The smallest absolute Gasteiger partial charge is 0.238 e. The van der Waals surface area contributed by atoms with Crippen molar-refractivity contribution in [1.29, 1.82) is 0 Å². The number of ether oxygens (including phenoxy) is 1. The van der Waals surface area contributed by atoms with Crippen molar-refractivity contribution in [1.82, 2.24) is 20.2 Å². The molecular weight excluding hydrogens is 756 g/mol. The maximum absolute atomic E-state index is 17.0. The van der Waals surface area contributed by atoms with Crippen LogP contribution in [-0.4, -0.2) is 73.8 Å². The summed E-state index contributed by atoms with van der Waals surface area (Å²) in [6, 6.07) is 21.1. The van der Waals surface area contributed by atoms with Crippen molar-refractivity contribution in [3.63, 3.8) is 0 Å². The predicted octanol–water partition coefficient (Wildman–Crippen LogP) is 7.05. The zero-order valence-corrected chi connectivity index (χ0v) is 32.8. The number of nitrogens with zero attached hydrogens (tertiary/aromatic N) is 3. The summed E-state index contributed by atoms with van der Waals surface area (Å²) in [5, 5.41) is 28.6. The van der Waals surface area contributed by atoms with E-state index < -0.39 is 58.7 Å². The minimum Gasteiger partial charge on any atom is -0.394 e. The number of likely N-dealkylation sites (tertiary alicyclic amines) is 1. The lowest BCUT2D eigenvalue weighted by Crippen LogP contribution is -2.64. The largest absolute Gasteiger partial charge is 0.394 e. The van der Waals surface area contributed by atoms with Gasteiger partial charge in [0.15, 0.2) is 11.0 Å². The maximum atomic E-state index is 17.0. The first kappa shape index (κ1) is 38.9. The van der Waals surface area contributed by atoms with Crippen LogP contribution in [0.3, 0.4) is 0 Å². The number of pyridine rings is 2. The van der Waals surface area contributed by atoms with Gasteiger partial charge in [-0.15, -0.1) is 0 Å². The lowest BCUT2D eigenvalue weighted by molar-refractivity contribution is -0.138. The number of halogens is 3. The van der Waals surface area contributed by atoms with Crippen LogP contribution in [0.2, 0.25) is 10.3 Å². The van der Waals surface area contributed by atoms with Gasteiger partial charge in [0.25, 0.3) is 0 Å². The number of anilines is 1. The summed E-state index contributed by atoms with van der Waals surface area (Å²) < 4.78 is 22.9. The molecule has 4 aromatic rings. The van der Waals surface area contributed by atoms with Crippen LogP contribution in [0.15, 0.2) is 85.1 Å². The highest BCUT2D eigenvalue weighted by molar-refractivity contribution is 6.30. The molecule has 13 heteroatoms. The molecule has 1 unspecified atom stereocenters. The van der Waals surface area contributed by atoms with E-state index in [9.17, 15) is 10.2 Å². The third-order valence-electron chi connectivity index (χ3n) is 12.9. The van der Waals surface area contributed by atoms with Gasteiger partial charge in [-0.25, -0.2) is 14.4 Å². The standard InChI is InChI=1S/C43H46Cl2FN5O5/c1-41(2)18-20-42(21-19-41)43(30-15-16-31(44)49-38(30)50-40(43)55)32(29-17-22-47-37(45)33(29)46)35(39(54)48-27-13-14-28(23-52)56-24-27)51(42)34(25-9-5-3-6-10-25)36(53)26-11-7-4-8-12-26/h3-12,15-17,22,27-28,32,34-36,52-53H,13-14,18-21,23-24H2,1-2H3,(H,48,54)(H,49,50,55)/t27-,28+,32+,34-,35-,36+,43?/m1/s1. The average molecular weight is 803 g/mol. The van der Waals surface area contributed by atoms with Gasteiger partial charge in [0, 0.05) is 23.2 Å². The van der Waals surface area contributed by atoms with Crippen LogP contribution in [0, 0.1) is 11.2 Å². The summed E-state index contributed by atoms with van der Waals surface area (Å²) in [4.78, 5) is 41.8. The minimum absolute atomic E-state index is 0.0519. The molecular formula is C43H46Cl2FN5O5. The van der Waals surface area contributed by atoms with E-state index >= 15 is 14.0 Å². The Balaban J connectivity index is 1.46. The van der Waals surface area contributed by atoms with E-state index in [4.69, 9.17) is 27.9 Å². The number of aromatic nitrogens is 2. The van der Waals surface area contributed by atoms with Crippen molar-refractivity contribution in [3.8, 4) is 0 Å². The number of carbonyl (C=O) groups is 2. The molecule has 2 aromatic heterocycles. The Bertz CT molecular complexity index is 2090. The van der Waals surface area contributed by atoms with E-state index in [0.29, 0.717) is 49.7 Å². The molecule has 2 aromatic carbocycles. The van der Waals surface area contributed by atoms with Crippen molar-refractivity contribution >= 4 is 40.8 Å². The molecule has 4 N–H and O–H groups in total. The Morgan fingerprint density at radius 3 is 2.32 bits per heavy atom. The molecule has 2 amide bonds. The minimum atomic E-state index is -1.64. The topological polar surface area (TPSA) is 137 Å². The van der Waals surface area contributed by atoms with E-state index in [1.54, 1.807) is 12.1 Å². The van der Waals surface area contributed by atoms with Crippen LogP contribution < -0.4 is 10.6 Å². The van der Waals surface area contributed by atoms with E-state index in [2.05, 4.69) is 39.3 Å². The lowest BCUT2D eigenvalue weighted by Gasteiger charge is -2.56. The molecule has 294 valence electrons.